The van der Waals surface area contributed by atoms with Gasteiger partial charge in [-0.1, -0.05) is 0 Å². The summed E-state index contributed by atoms with van der Waals surface area (Å²) in [5.41, 5.74) is 0.645. The maximum absolute atomic E-state index is 11.1. The molecular formula is C8H8ClNOS. The average Bonchev–Trinajstić information content (AvgIpc) is 2.17. The predicted molar refractivity (Wildman–Crippen MR) is 51.5 cm³/mol. The van der Waals surface area contributed by atoms with E-state index in [0.29, 0.717) is 5.56 Å². The molecule has 12 heavy (non-hydrogen) atoms. The van der Waals surface area contributed by atoms with Crippen molar-refractivity contribution in [3.8, 4) is 0 Å². The molecule has 2 nitrogen and oxygen atoms in total. The Morgan fingerprint density at radius 1 is 1.42 bits per heavy atom. The van der Waals surface area contributed by atoms with Crippen molar-refractivity contribution in [3.05, 3.63) is 29.8 Å². The average molecular weight is 202 g/mol. The number of benzene rings is 1. The molecule has 0 atom stereocenters. The van der Waals surface area contributed by atoms with E-state index in [4.69, 9.17) is 10.7 Å². The number of hydrogen-bond donors (Lipinski definition) is 1. The summed E-state index contributed by atoms with van der Waals surface area (Å²) in [5, 5.41) is 2.54. The summed E-state index contributed by atoms with van der Waals surface area (Å²) in [7, 11) is 8.25. The first-order chi connectivity index (χ1) is 5.77. The summed E-state index contributed by atoms with van der Waals surface area (Å²) >= 11 is 0. The van der Waals surface area contributed by atoms with Gasteiger partial charge in [-0.2, -0.15) is 0 Å². The molecule has 1 amide bonds. The standard InChI is InChI=1S/C8H8ClNOS/c1-10-8(11)6-2-4-7(12-9)5-3-6/h2-5H,1H3,(H,10,11). The molecule has 0 aliphatic carbocycles. The van der Waals surface area contributed by atoms with Gasteiger partial charge in [0, 0.05) is 17.5 Å². The fraction of sp³-hybridized carbons (Fsp3) is 0.125. The number of hydrogen-bond acceptors (Lipinski definition) is 2. The van der Waals surface area contributed by atoms with Crippen LogP contribution in [0.5, 0.6) is 0 Å². The molecule has 0 heterocycles. The SMILES string of the molecule is CNC(=O)c1ccc(SCl)cc1. The fourth-order valence-corrected chi connectivity index (χ4v) is 1.35. The lowest BCUT2D eigenvalue weighted by atomic mass is 10.2. The number of halogens is 1. The zero-order valence-electron chi connectivity index (χ0n) is 6.50. The summed E-state index contributed by atoms with van der Waals surface area (Å²) in [5.74, 6) is -0.0823. The molecule has 0 saturated carbocycles. The second-order valence-electron chi connectivity index (χ2n) is 2.18. The molecule has 0 fully saturated rings. The third-order valence-corrected chi connectivity index (χ3v) is 2.42. The minimum absolute atomic E-state index is 0.0823. The van der Waals surface area contributed by atoms with Crippen molar-refractivity contribution in [1.82, 2.24) is 5.32 Å². The second kappa shape index (κ2) is 4.38. The molecule has 0 aromatic heterocycles. The van der Waals surface area contributed by atoms with Crippen molar-refractivity contribution in [2.75, 3.05) is 7.05 Å². The zero-order valence-corrected chi connectivity index (χ0v) is 8.08. The van der Waals surface area contributed by atoms with Crippen molar-refractivity contribution in [1.29, 1.82) is 0 Å². The van der Waals surface area contributed by atoms with Gasteiger partial charge in [0.2, 0.25) is 0 Å². The van der Waals surface area contributed by atoms with Gasteiger partial charge in [-0.15, -0.1) is 0 Å². The van der Waals surface area contributed by atoms with Crippen molar-refractivity contribution in [2.45, 2.75) is 4.90 Å². The van der Waals surface area contributed by atoms with Crippen LogP contribution < -0.4 is 5.32 Å². The Hall–Kier alpha value is -0.670. The molecule has 0 unspecified atom stereocenters. The molecule has 0 aliphatic rings. The van der Waals surface area contributed by atoms with Crippen LogP contribution >= 0.6 is 21.7 Å². The molecule has 64 valence electrons. The van der Waals surface area contributed by atoms with Crippen LogP contribution in [0.15, 0.2) is 29.2 Å². The molecule has 0 spiro atoms. The number of rotatable bonds is 2. The lowest BCUT2D eigenvalue weighted by molar-refractivity contribution is 0.0963. The predicted octanol–water partition coefficient (Wildman–Crippen LogP) is 2.29. The first kappa shape index (κ1) is 9.42. The Labute approximate surface area is 79.8 Å². The first-order valence-electron chi connectivity index (χ1n) is 3.38. The van der Waals surface area contributed by atoms with Gasteiger partial charge in [0.1, 0.15) is 0 Å². The van der Waals surface area contributed by atoms with Crippen LogP contribution in [0.4, 0.5) is 0 Å². The van der Waals surface area contributed by atoms with E-state index in [9.17, 15) is 4.79 Å². The zero-order chi connectivity index (χ0) is 8.97. The third-order valence-electron chi connectivity index (χ3n) is 1.43. The van der Waals surface area contributed by atoms with E-state index < -0.39 is 0 Å². The molecule has 0 aliphatic heterocycles. The minimum atomic E-state index is -0.0823. The van der Waals surface area contributed by atoms with Crippen molar-refractivity contribution >= 4 is 27.6 Å². The highest BCUT2D eigenvalue weighted by Gasteiger charge is 2.01. The number of carbonyl (C=O) groups is 1. The van der Waals surface area contributed by atoms with Gasteiger partial charge in [0.15, 0.2) is 0 Å². The third kappa shape index (κ3) is 2.16. The van der Waals surface area contributed by atoms with Crippen molar-refractivity contribution in [2.24, 2.45) is 0 Å². The Bertz CT molecular complexity index is 273. The van der Waals surface area contributed by atoms with Crippen LogP contribution in [0.3, 0.4) is 0 Å². The highest BCUT2D eigenvalue weighted by molar-refractivity contribution is 8.21. The highest BCUT2D eigenvalue weighted by Crippen LogP contribution is 2.21. The summed E-state index contributed by atoms with van der Waals surface area (Å²) in [6.07, 6.45) is 0. The summed E-state index contributed by atoms with van der Waals surface area (Å²) in [4.78, 5) is 12.0. The van der Waals surface area contributed by atoms with Gasteiger partial charge < -0.3 is 5.32 Å². The van der Waals surface area contributed by atoms with Crippen LogP contribution in [-0.4, -0.2) is 13.0 Å². The van der Waals surface area contributed by atoms with Gasteiger partial charge in [-0.25, -0.2) is 0 Å². The number of amides is 1. The van der Waals surface area contributed by atoms with E-state index in [2.05, 4.69) is 5.32 Å². The smallest absolute Gasteiger partial charge is 0.251 e. The normalized spacial score (nSPS) is 9.50. The summed E-state index contributed by atoms with van der Waals surface area (Å²) in [6, 6.07) is 7.09. The monoisotopic (exact) mass is 201 g/mol. The van der Waals surface area contributed by atoms with Gasteiger partial charge in [-0.3, -0.25) is 4.79 Å². The van der Waals surface area contributed by atoms with Crippen LogP contribution in [-0.2, 0) is 0 Å². The van der Waals surface area contributed by atoms with Gasteiger partial charge >= 0.3 is 0 Å². The largest absolute Gasteiger partial charge is 0.355 e. The van der Waals surface area contributed by atoms with Crippen molar-refractivity contribution < 1.29 is 4.79 Å². The molecule has 0 radical (unpaired) electrons. The molecule has 4 heteroatoms. The summed E-state index contributed by atoms with van der Waals surface area (Å²) < 4.78 is 0. The number of carbonyl (C=O) groups excluding carboxylic acids is 1. The van der Waals surface area contributed by atoms with Crippen LogP contribution in [0.1, 0.15) is 10.4 Å². The maximum atomic E-state index is 11.1. The minimum Gasteiger partial charge on any atom is -0.355 e. The lowest BCUT2D eigenvalue weighted by Gasteiger charge is -1.99. The first-order valence-corrected chi connectivity index (χ1v) is 5.03. The highest BCUT2D eigenvalue weighted by atomic mass is 35.7. The van der Waals surface area contributed by atoms with Gasteiger partial charge in [0.05, 0.1) is 0 Å². The molecule has 1 N–H and O–H groups in total. The fourth-order valence-electron chi connectivity index (χ4n) is 0.802. The van der Waals surface area contributed by atoms with Crippen LogP contribution in [0.25, 0.3) is 0 Å². The second-order valence-corrected chi connectivity index (χ2v) is 3.27. The van der Waals surface area contributed by atoms with E-state index >= 15 is 0 Å². The van der Waals surface area contributed by atoms with E-state index in [-0.39, 0.29) is 5.91 Å². The lowest BCUT2D eigenvalue weighted by Crippen LogP contribution is -2.17. The van der Waals surface area contributed by atoms with E-state index in [1.807, 2.05) is 12.1 Å². The quantitative estimate of drug-likeness (QED) is 0.796. The molecule has 1 aromatic carbocycles. The van der Waals surface area contributed by atoms with Gasteiger partial charge in [-0.05, 0) is 45.9 Å². The Morgan fingerprint density at radius 3 is 2.42 bits per heavy atom. The van der Waals surface area contributed by atoms with E-state index in [1.165, 1.54) is 0 Å². The van der Waals surface area contributed by atoms with Crippen LogP contribution in [0.2, 0.25) is 0 Å². The molecule has 0 saturated heterocycles. The number of nitrogens with one attached hydrogen (secondary N) is 1. The topological polar surface area (TPSA) is 29.1 Å². The van der Waals surface area contributed by atoms with Crippen molar-refractivity contribution in [3.63, 3.8) is 0 Å². The Kier molecular flexibility index (Phi) is 3.44. The Morgan fingerprint density at radius 2 is 2.00 bits per heavy atom. The van der Waals surface area contributed by atoms with E-state index in [0.717, 1.165) is 15.9 Å². The molecule has 0 bridgehead atoms. The molecule has 1 rings (SSSR count). The summed E-state index contributed by atoms with van der Waals surface area (Å²) in [6.45, 7) is 0. The van der Waals surface area contributed by atoms with E-state index in [1.54, 1.807) is 19.2 Å². The molecular weight excluding hydrogens is 194 g/mol. The maximum Gasteiger partial charge on any atom is 0.251 e. The van der Waals surface area contributed by atoms with Gasteiger partial charge in [0.25, 0.3) is 5.91 Å². The Balaban J connectivity index is 2.84. The van der Waals surface area contributed by atoms with Crippen LogP contribution in [0, 0.1) is 0 Å². The molecule has 1 aromatic rings.